The molecule has 1 aromatic rings. The number of carboxylic acids is 1. The van der Waals surface area contributed by atoms with Crippen LogP contribution in [-0.2, 0) is 9.53 Å². The number of halogens is 1. The third kappa shape index (κ3) is 3.71. The van der Waals surface area contributed by atoms with Crippen LogP contribution in [0.25, 0.3) is 6.08 Å². The number of ether oxygens (including phenoxy) is 1. The summed E-state index contributed by atoms with van der Waals surface area (Å²) in [6.45, 7) is 1.89. The van der Waals surface area contributed by atoms with Crippen LogP contribution >= 0.6 is 0 Å². The monoisotopic (exact) mass is 238 g/mol. The van der Waals surface area contributed by atoms with Gasteiger partial charge in [-0.3, -0.25) is 0 Å². The Kier molecular flexibility index (Phi) is 4.39. The van der Waals surface area contributed by atoms with Gasteiger partial charge in [-0.25, -0.2) is 14.0 Å². The van der Waals surface area contributed by atoms with Gasteiger partial charge < -0.3 is 9.84 Å². The Morgan fingerprint density at radius 2 is 2.18 bits per heavy atom. The quantitative estimate of drug-likeness (QED) is 0.644. The summed E-state index contributed by atoms with van der Waals surface area (Å²) >= 11 is 0. The summed E-state index contributed by atoms with van der Waals surface area (Å²) in [4.78, 5) is 21.9. The third-order valence-corrected chi connectivity index (χ3v) is 1.93. The van der Waals surface area contributed by atoms with E-state index < -0.39 is 17.8 Å². The SMILES string of the molecule is CCOC(=O)C=Cc1ccc(F)cc1C(=O)O. The fraction of sp³-hybridized carbons (Fsp3) is 0.167. The van der Waals surface area contributed by atoms with E-state index in [0.29, 0.717) is 0 Å². The first-order chi connectivity index (χ1) is 8.04. The van der Waals surface area contributed by atoms with Crippen LogP contribution in [0.2, 0.25) is 0 Å². The summed E-state index contributed by atoms with van der Waals surface area (Å²) in [5.41, 5.74) is 0.0394. The Morgan fingerprint density at radius 3 is 2.76 bits per heavy atom. The lowest BCUT2D eigenvalue weighted by atomic mass is 10.1. The minimum atomic E-state index is -1.26. The molecule has 0 fully saturated rings. The molecule has 0 saturated heterocycles. The molecular weight excluding hydrogens is 227 g/mol. The molecule has 0 atom stereocenters. The average molecular weight is 238 g/mol. The van der Waals surface area contributed by atoms with Crippen LogP contribution in [0.3, 0.4) is 0 Å². The zero-order valence-electron chi connectivity index (χ0n) is 9.14. The Hall–Kier alpha value is -2.17. The molecule has 17 heavy (non-hydrogen) atoms. The number of carbonyl (C=O) groups excluding carboxylic acids is 1. The van der Waals surface area contributed by atoms with Crippen LogP contribution in [0.4, 0.5) is 4.39 Å². The number of hydrogen-bond donors (Lipinski definition) is 1. The van der Waals surface area contributed by atoms with Gasteiger partial charge in [-0.2, -0.15) is 0 Å². The summed E-state index contributed by atoms with van der Waals surface area (Å²) in [7, 11) is 0. The van der Waals surface area contributed by atoms with Gasteiger partial charge in [0.1, 0.15) is 5.82 Å². The number of esters is 1. The van der Waals surface area contributed by atoms with Gasteiger partial charge in [0, 0.05) is 6.08 Å². The van der Waals surface area contributed by atoms with Gasteiger partial charge in [-0.15, -0.1) is 0 Å². The first-order valence-corrected chi connectivity index (χ1v) is 4.92. The van der Waals surface area contributed by atoms with E-state index in [4.69, 9.17) is 5.11 Å². The first kappa shape index (κ1) is 12.9. The minimum Gasteiger partial charge on any atom is -0.478 e. The molecule has 1 aromatic carbocycles. The lowest BCUT2D eigenvalue weighted by molar-refractivity contribution is -0.137. The molecule has 0 amide bonds. The number of hydrogen-bond acceptors (Lipinski definition) is 3. The highest BCUT2D eigenvalue weighted by Crippen LogP contribution is 2.13. The van der Waals surface area contributed by atoms with E-state index in [-0.39, 0.29) is 17.7 Å². The van der Waals surface area contributed by atoms with Crippen LogP contribution in [0.5, 0.6) is 0 Å². The third-order valence-electron chi connectivity index (χ3n) is 1.93. The van der Waals surface area contributed by atoms with E-state index in [1.807, 2.05) is 0 Å². The lowest BCUT2D eigenvalue weighted by Crippen LogP contribution is -2.02. The predicted molar refractivity (Wildman–Crippen MR) is 59.0 cm³/mol. The Balaban J connectivity index is 2.98. The molecule has 0 bridgehead atoms. The standard InChI is InChI=1S/C12H11FO4/c1-2-17-11(14)6-4-8-3-5-9(13)7-10(8)12(15)16/h3-7H,2H2,1H3,(H,15,16). The number of carbonyl (C=O) groups is 2. The van der Waals surface area contributed by atoms with Crippen molar-refractivity contribution in [2.75, 3.05) is 6.61 Å². The summed E-state index contributed by atoms with van der Waals surface area (Å²) in [6.07, 6.45) is 2.38. The van der Waals surface area contributed by atoms with E-state index in [1.54, 1.807) is 6.92 Å². The zero-order chi connectivity index (χ0) is 12.8. The summed E-state index contributed by atoms with van der Waals surface area (Å²) in [5, 5.41) is 8.84. The Bertz CT molecular complexity index is 466. The molecule has 0 unspecified atom stereocenters. The second-order valence-corrected chi connectivity index (χ2v) is 3.12. The smallest absolute Gasteiger partial charge is 0.336 e. The first-order valence-electron chi connectivity index (χ1n) is 4.92. The molecule has 0 saturated carbocycles. The van der Waals surface area contributed by atoms with Gasteiger partial charge in [0.25, 0.3) is 0 Å². The van der Waals surface area contributed by atoms with Crippen molar-refractivity contribution >= 4 is 18.0 Å². The average Bonchev–Trinajstić information content (AvgIpc) is 2.27. The molecule has 90 valence electrons. The molecule has 1 rings (SSSR count). The maximum Gasteiger partial charge on any atom is 0.336 e. The Labute approximate surface area is 97.3 Å². The van der Waals surface area contributed by atoms with Gasteiger partial charge in [-0.1, -0.05) is 6.07 Å². The van der Waals surface area contributed by atoms with Gasteiger partial charge in [0.05, 0.1) is 12.2 Å². The lowest BCUT2D eigenvalue weighted by Gasteiger charge is -2.01. The molecule has 0 aliphatic carbocycles. The van der Waals surface area contributed by atoms with Crippen molar-refractivity contribution in [2.45, 2.75) is 6.92 Å². The molecule has 4 nitrogen and oxygen atoms in total. The molecule has 1 N–H and O–H groups in total. The normalized spacial score (nSPS) is 10.5. The van der Waals surface area contributed by atoms with Crippen molar-refractivity contribution in [1.82, 2.24) is 0 Å². The van der Waals surface area contributed by atoms with Gasteiger partial charge in [-0.05, 0) is 30.7 Å². The second kappa shape index (κ2) is 5.79. The van der Waals surface area contributed by atoms with Gasteiger partial charge in [0.2, 0.25) is 0 Å². The number of benzene rings is 1. The molecule has 0 aromatic heterocycles. The van der Waals surface area contributed by atoms with Gasteiger partial charge in [0.15, 0.2) is 0 Å². The van der Waals surface area contributed by atoms with Crippen LogP contribution < -0.4 is 0 Å². The van der Waals surface area contributed by atoms with Crippen LogP contribution in [0.15, 0.2) is 24.3 Å². The fourth-order valence-electron chi connectivity index (χ4n) is 1.21. The van der Waals surface area contributed by atoms with Crippen molar-refractivity contribution in [3.8, 4) is 0 Å². The van der Waals surface area contributed by atoms with E-state index >= 15 is 0 Å². The molecule has 0 spiro atoms. The highest BCUT2D eigenvalue weighted by Gasteiger charge is 2.09. The molecule has 5 heteroatoms. The van der Waals surface area contributed by atoms with Crippen molar-refractivity contribution in [3.05, 3.63) is 41.2 Å². The zero-order valence-corrected chi connectivity index (χ0v) is 9.14. The van der Waals surface area contributed by atoms with E-state index in [9.17, 15) is 14.0 Å². The predicted octanol–water partition coefficient (Wildman–Crippen LogP) is 2.10. The van der Waals surface area contributed by atoms with Crippen molar-refractivity contribution in [2.24, 2.45) is 0 Å². The van der Waals surface area contributed by atoms with Crippen LogP contribution in [0.1, 0.15) is 22.8 Å². The number of aromatic carboxylic acids is 1. The maximum atomic E-state index is 12.8. The van der Waals surface area contributed by atoms with E-state index in [2.05, 4.69) is 4.74 Å². The molecule has 0 aliphatic rings. The second-order valence-electron chi connectivity index (χ2n) is 3.12. The summed E-state index contributed by atoms with van der Waals surface area (Å²) < 4.78 is 17.5. The van der Waals surface area contributed by atoms with Crippen LogP contribution in [-0.4, -0.2) is 23.7 Å². The molecule has 0 aliphatic heterocycles. The van der Waals surface area contributed by atoms with Crippen LogP contribution in [0, 0.1) is 5.82 Å². The maximum absolute atomic E-state index is 12.8. The minimum absolute atomic E-state index is 0.203. The molecule has 0 heterocycles. The fourth-order valence-corrected chi connectivity index (χ4v) is 1.21. The molecule has 0 radical (unpaired) electrons. The molecular formula is C12H11FO4. The van der Waals surface area contributed by atoms with Crippen molar-refractivity contribution in [3.63, 3.8) is 0 Å². The topological polar surface area (TPSA) is 63.6 Å². The van der Waals surface area contributed by atoms with Gasteiger partial charge >= 0.3 is 11.9 Å². The summed E-state index contributed by atoms with van der Waals surface area (Å²) in [5.74, 6) is -2.48. The van der Waals surface area contributed by atoms with Crippen molar-refractivity contribution in [1.29, 1.82) is 0 Å². The van der Waals surface area contributed by atoms with E-state index in [0.717, 1.165) is 18.2 Å². The highest BCUT2D eigenvalue weighted by atomic mass is 19.1. The number of carboxylic acid groups (broad SMARTS) is 1. The largest absolute Gasteiger partial charge is 0.478 e. The highest BCUT2D eigenvalue weighted by molar-refractivity contribution is 5.94. The van der Waals surface area contributed by atoms with Crippen molar-refractivity contribution < 1.29 is 23.8 Å². The Morgan fingerprint density at radius 1 is 1.47 bits per heavy atom. The summed E-state index contributed by atoms with van der Waals surface area (Å²) in [6, 6.07) is 3.30. The number of rotatable bonds is 4. The van der Waals surface area contributed by atoms with E-state index in [1.165, 1.54) is 12.1 Å².